The topological polar surface area (TPSA) is 88.2 Å². The molecule has 0 unspecified atom stereocenters. The Morgan fingerprint density at radius 3 is 2.75 bits per heavy atom. The van der Waals surface area contributed by atoms with E-state index in [4.69, 9.17) is 0 Å². The van der Waals surface area contributed by atoms with Crippen molar-refractivity contribution < 1.29 is 13.2 Å². The van der Waals surface area contributed by atoms with Gasteiger partial charge < -0.3 is 5.32 Å². The fraction of sp³-hybridized carbons (Fsp3) is 0.200. The summed E-state index contributed by atoms with van der Waals surface area (Å²) in [6.45, 7) is 1.43. The van der Waals surface area contributed by atoms with E-state index < -0.39 is 10.0 Å². The van der Waals surface area contributed by atoms with Crippen molar-refractivity contribution in [1.82, 2.24) is 4.98 Å². The average Bonchev–Trinajstić information content (AvgIpc) is 3.29. The van der Waals surface area contributed by atoms with Crippen molar-refractivity contribution in [3.8, 4) is 11.3 Å². The lowest BCUT2D eigenvalue weighted by Gasteiger charge is -2.10. The molecule has 0 aliphatic heterocycles. The molecule has 0 spiro atoms. The van der Waals surface area contributed by atoms with Gasteiger partial charge in [-0.05, 0) is 54.7 Å². The van der Waals surface area contributed by atoms with Crippen LogP contribution in [0.4, 0.5) is 10.8 Å². The number of fused-ring (bicyclic) bond motifs is 1. The van der Waals surface area contributed by atoms with Crippen LogP contribution >= 0.6 is 11.3 Å². The lowest BCUT2D eigenvalue weighted by molar-refractivity contribution is -0.114. The second kappa shape index (κ2) is 7.37. The van der Waals surface area contributed by atoms with Crippen LogP contribution in [-0.2, 0) is 27.7 Å². The molecule has 0 saturated carbocycles. The highest BCUT2D eigenvalue weighted by Gasteiger charge is 2.19. The van der Waals surface area contributed by atoms with Gasteiger partial charge in [-0.3, -0.25) is 9.52 Å². The third-order valence-corrected chi connectivity index (χ3v) is 6.71. The van der Waals surface area contributed by atoms with Gasteiger partial charge in [0, 0.05) is 23.6 Å². The molecule has 2 aromatic carbocycles. The number of carbonyl (C=O) groups excluding carboxylic acids is 1. The summed E-state index contributed by atoms with van der Waals surface area (Å²) in [4.78, 5) is 15.8. The standard InChI is InChI=1S/C20H19N3O3S2/c1-13(24)21-20-22-19(12-27-20)16-6-3-7-17(10-16)23-28(25,26)18-9-8-14-4-2-5-15(14)11-18/h3,6-12,23H,2,4-5H2,1H3,(H,21,22,24). The normalized spacial score (nSPS) is 13.2. The van der Waals surface area contributed by atoms with Crippen molar-refractivity contribution in [2.75, 3.05) is 10.0 Å². The monoisotopic (exact) mass is 413 g/mol. The van der Waals surface area contributed by atoms with Gasteiger partial charge in [-0.1, -0.05) is 18.2 Å². The Hall–Kier alpha value is -2.71. The van der Waals surface area contributed by atoms with E-state index in [1.165, 1.54) is 23.8 Å². The lowest BCUT2D eigenvalue weighted by atomic mass is 10.1. The molecule has 144 valence electrons. The molecule has 0 radical (unpaired) electrons. The molecular weight excluding hydrogens is 394 g/mol. The van der Waals surface area contributed by atoms with Crippen LogP contribution in [0, 0.1) is 0 Å². The van der Waals surface area contributed by atoms with E-state index in [9.17, 15) is 13.2 Å². The largest absolute Gasteiger partial charge is 0.302 e. The van der Waals surface area contributed by atoms with E-state index in [0.29, 0.717) is 16.5 Å². The molecule has 1 heterocycles. The summed E-state index contributed by atoms with van der Waals surface area (Å²) in [7, 11) is -3.67. The van der Waals surface area contributed by atoms with Crippen LogP contribution in [0.25, 0.3) is 11.3 Å². The van der Waals surface area contributed by atoms with Gasteiger partial charge >= 0.3 is 0 Å². The summed E-state index contributed by atoms with van der Waals surface area (Å²) in [6, 6.07) is 12.4. The van der Waals surface area contributed by atoms with Gasteiger partial charge in [0.1, 0.15) is 0 Å². The molecule has 1 aliphatic carbocycles. The summed E-state index contributed by atoms with van der Waals surface area (Å²) >= 11 is 1.32. The van der Waals surface area contributed by atoms with Crippen LogP contribution in [-0.4, -0.2) is 19.3 Å². The van der Waals surface area contributed by atoms with Gasteiger partial charge in [-0.2, -0.15) is 0 Å². The van der Waals surface area contributed by atoms with Crippen LogP contribution < -0.4 is 10.0 Å². The number of aromatic nitrogens is 1. The van der Waals surface area contributed by atoms with Gasteiger partial charge in [-0.25, -0.2) is 13.4 Å². The third kappa shape index (κ3) is 3.93. The van der Waals surface area contributed by atoms with Crippen molar-refractivity contribution in [1.29, 1.82) is 0 Å². The summed E-state index contributed by atoms with van der Waals surface area (Å²) < 4.78 is 28.3. The van der Waals surface area contributed by atoms with Crippen LogP contribution in [0.5, 0.6) is 0 Å². The predicted octanol–water partition coefficient (Wildman–Crippen LogP) is 4.06. The number of nitrogens with one attached hydrogen (secondary N) is 2. The van der Waals surface area contributed by atoms with Crippen LogP contribution in [0.15, 0.2) is 52.7 Å². The van der Waals surface area contributed by atoms with Crippen molar-refractivity contribution in [2.45, 2.75) is 31.1 Å². The number of rotatable bonds is 5. The minimum Gasteiger partial charge on any atom is -0.302 e. The van der Waals surface area contributed by atoms with Gasteiger partial charge in [0.05, 0.1) is 10.6 Å². The number of anilines is 2. The highest BCUT2D eigenvalue weighted by atomic mass is 32.2. The molecule has 3 aromatic rings. The number of nitrogens with zero attached hydrogens (tertiary/aromatic N) is 1. The zero-order valence-corrected chi connectivity index (χ0v) is 16.9. The van der Waals surface area contributed by atoms with Crippen molar-refractivity contribution in [2.24, 2.45) is 0 Å². The van der Waals surface area contributed by atoms with E-state index in [1.807, 2.05) is 17.5 Å². The first-order valence-electron chi connectivity index (χ1n) is 8.89. The first-order valence-corrected chi connectivity index (χ1v) is 11.3. The summed E-state index contributed by atoms with van der Waals surface area (Å²) in [5.41, 5.74) is 4.26. The van der Waals surface area contributed by atoms with E-state index >= 15 is 0 Å². The molecule has 0 bridgehead atoms. The Morgan fingerprint density at radius 2 is 1.93 bits per heavy atom. The number of sulfonamides is 1. The molecule has 28 heavy (non-hydrogen) atoms. The maximum atomic E-state index is 12.8. The number of carbonyl (C=O) groups is 1. The molecule has 1 aromatic heterocycles. The van der Waals surface area contributed by atoms with Crippen LogP contribution in [0.1, 0.15) is 24.5 Å². The Morgan fingerprint density at radius 1 is 1.11 bits per heavy atom. The molecule has 0 fully saturated rings. The maximum absolute atomic E-state index is 12.8. The minimum absolute atomic E-state index is 0.184. The summed E-state index contributed by atoms with van der Waals surface area (Å²) in [5, 5.41) is 4.97. The number of hydrogen-bond donors (Lipinski definition) is 2. The van der Waals surface area contributed by atoms with Crippen LogP contribution in [0.2, 0.25) is 0 Å². The first-order chi connectivity index (χ1) is 13.4. The molecule has 1 aliphatic rings. The Bertz CT molecular complexity index is 1150. The van der Waals surface area contributed by atoms with Gasteiger partial charge in [0.2, 0.25) is 5.91 Å². The Labute approximate surface area is 167 Å². The molecule has 2 N–H and O–H groups in total. The van der Waals surface area contributed by atoms with Gasteiger partial charge in [0.25, 0.3) is 10.0 Å². The molecule has 1 amide bonds. The molecule has 8 heteroatoms. The highest BCUT2D eigenvalue weighted by molar-refractivity contribution is 7.92. The van der Waals surface area contributed by atoms with Crippen molar-refractivity contribution in [3.63, 3.8) is 0 Å². The zero-order chi connectivity index (χ0) is 19.7. The highest BCUT2D eigenvalue weighted by Crippen LogP contribution is 2.29. The summed E-state index contributed by atoms with van der Waals surface area (Å²) in [6.07, 6.45) is 3.01. The summed E-state index contributed by atoms with van der Waals surface area (Å²) in [5.74, 6) is -0.184. The fourth-order valence-corrected chi connectivity index (χ4v) is 5.15. The second-order valence-corrected chi connectivity index (χ2v) is 9.23. The molecule has 0 saturated heterocycles. The zero-order valence-electron chi connectivity index (χ0n) is 15.2. The molecule has 0 atom stereocenters. The smallest absolute Gasteiger partial charge is 0.261 e. The predicted molar refractivity (Wildman–Crippen MR) is 111 cm³/mol. The number of thiazole rings is 1. The quantitative estimate of drug-likeness (QED) is 0.660. The lowest BCUT2D eigenvalue weighted by Crippen LogP contribution is -2.13. The SMILES string of the molecule is CC(=O)Nc1nc(-c2cccc(NS(=O)(=O)c3ccc4c(c3)CCC4)c2)cs1. The van der Waals surface area contributed by atoms with Crippen molar-refractivity contribution >= 4 is 38.1 Å². The fourth-order valence-electron chi connectivity index (χ4n) is 3.29. The Kier molecular flexibility index (Phi) is 4.91. The van der Waals surface area contributed by atoms with Gasteiger partial charge in [-0.15, -0.1) is 11.3 Å². The van der Waals surface area contributed by atoms with Crippen LogP contribution in [0.3, 0.4) is 0 Å². The van der Waals surface area contributed by atoms with E-state index in [2.05, 4.69) is 15.0 Å². The number of benzene rings is 2. The average molecular weight is 414 g/mol. The Balaban J connectivity index is 1.57. The minimum atomic E-state index is -3.67. The third-order valence-electron chi connectivity index (χ3n) is 4.58. The molecule has 6 nitrogen and oxygen atoms in total. The van der Waals surface area contributed by atoms with Gasteiger partial charge in [0.15, 0.2) is 5.13 Å². The van der Waals surface area contributed by atoms with E-state index in [1.54, 1.807) is 30.3 Å². The van der Waals surface area contributed by atoms with E-state index in [0.717, 1.165) is 30.4 Å². The molecular formula is C20H19N3O3S2. The maximum Gasteiger partial charge on any atom is 0.261 e. The number of hydrogen-bond acceptors (Lipinski definition) is 5. The number of amides is 1. The first kappa shape index (κ1) is 18.6. The van der Waals surface area contributed by atoms with Crippen molar-refractivity contribution in [3.05, 3.63) is 59.0 Å². The number of aryl methyl sites for hydroxylation is 2. The van der Waals surface area contributed by atoms with E-state index in [-0.39, 0.29) is 10.8 Å². The second-order valence-electron chi connectivity index (χ2n) is 6.69. The molecule has 4 rings (SSSR count).